The lowest BCUT2D eigenvalue weighted by atomic mass is 9.91. The van der Waals surface area contributed by atoms with E-state index in [4.69, 9.17) is 5.11 Å². The molecule has 2 atom stereocenters. The molecule has 1 aliphatic rings. The molecule has 1 fully saturated rings. The van der Waals surface area contributed by atoms with Crippen LogP contribution in [0.25, 0.3) is 0 Å². The second-order valence-corrected chi connectivity index (χ2v) is 4.63. The van der Waals surface area contributed by atoms with Crippen molar-refractivity contribution in [1.82, 2.24) is 4.90 Å². The molecule has 1 aromatic carbocycles. The zero-order chi connectivity index (χ0) is 12.4. The molecule has 1 saturated heterocycles. The van der Waals surface area contributed by atoms with Gasteiger partial charge in [-0.1, -0.05) is 12.1 Å². The van der Waals surface area contributed by atoms with Crippen molar-refractivity contribution in [2.75, 3.05) is 13.6 Å². The molecule has 0 radical (unpaired) electrons. The SMILES string of the molecule is CN1CC[C@H](CC(=O)O)[C@H]1c1cccc(F)c1. The first-order valence-electron chi connectivity index (χ1n) is 5.75. The Morgan fingerprint density at radius 3 is 3.00 bits per heavy atom. The summed E-state index contributed by atoms with van der Waals surface area (Å²) < 4.78 is 13.2. The number of aliphatic carboxylic acids is 1. The predicted octanol–water partition coefficient (Wildman–Crippen LogP) is 2.29. The van der Waals surface area contributed by atoms with E-state index in [-0.39, 0.29) is 24.2 Å². The lowest BCUT2D eigenvalue weighted by Gasteiger charge is -2.24. The van der Waals surface area contributed by atoms with Crippen LogP contribution in [0, 0.1) is 11.7 Å². The van der Waals surface area contributed by atoms with Gasteiger partial charge in [-0.2, -0.15) is 0 Å². The second-order valence-electron chi connectivity index (χ2n) is 4.63. The summed E-state index contributed by atoms with van der Waals surface area (Å²) >= 11 is 0. The fourth-order valence-electron chi connectivity index (χ4n) is 2.68. The van der Waals surface area contributed by atoms with Gasteiger partial charge in [-0.05, 0) is 43.6 Å². The maximum Gasteiger partial charge on any atom is 0.303 e. The molecule has 2 rings (SSSR count). The number of hydrogen-bond donors (Lipinski definition) is 1. The highest BCUT2D eigenvalue weighted by Gasteiger charge is 2.34. The standard InChI is InChI=1S/C13H16FNO2/c1-15-6-5-10(8-12(16)17)13(15)9-3-2-4-11(14)7-9/h2-4,7,10,13H,5-6,8H2,1H3,(H,16,17)/t10-,13-/m1/s1. The molecule has 0 amide bonds. The minimum absolute atomic E-state index is 0.0156. The Kier molecular flexibility index (Phi) is 3.43. The minimum atomic E-state index is -0.785. The fourth-order valence-corrected chi connectivity index (χ4v) is 2.68. The van der Waals surface area contributed by atoms with Crippen LogP contribution in [-0.2, 0) is 4.79 Å². The number of nitrogens with zero attached hydrogens (tertiary/aromatic N) is 1. The number of halogens is 1. The molecule has 1 aromatic rings. The van der Waals surface area contributed by atoms with Gasteiger partial charge in [0.25, 0.3) is 0 Å². The van der Waals surface area contributed by atoms with Gasteiger partial charge < -0.3 is 5.11 Å². The first-order chi connectivity index (χ1) is 8.08. The van der Waals surface area contributed by atoms with Crippen LogP contribution in [0.1, 0.15) is 24.4 Å². The zero-order valence-electron chi connectivity index (χ0n) is 9.77. The van der Waals surface area contributed by atoms with Gasteiger partial charge in [-0.25, -0.2) is 4.39 Å². The molecular weight excluding hydrogens is 221 g/mol. The molecule has 0 unspecified atom stereocenters. The summed E-state index contributed by atoms with van der Waals surface area (Å²) in [6.07, 6.45) is 0.996. The number of benzene rings is 1. The molecular formula is C13H16FNO2. The third-order valence-electron chi connectivity index (χ3n) is 3.40. The third kappa shape index (κ3) is 2.64. The average molecular weight is 237 g/mol. The van der Waals surface area contributed by atoms with Crippen LogP contribution in [0.4, 0.5) is 4.39 Å². The summed E-state index contributed by atoms with van der Waals surface area (Å²) in [5.41, 5.74) is 0.872. The molecule has 17 heavy (non-hydrogen) atoms. The van der Waals surface area contributed by atoms with E-state index in [0.29, 0.717) is 0 Å². The van der Waals surface area contributed by atoms with Crippen LogP contribution in [-0.4, -0.2) is 29.6 Å². The van der Waals surface area contributed by atoms with Crippen molar-refractivity contribution in [3.63, 3.8) is 0 Å². The van der Waals surface area contributed by atoms with E-state index in [9.17, 15) is 9.18 Å². The Morgan fingerprint density at radius 2 is 2.35 bits per heavy atom. The van der Waals surface area contributed by atoms with Crippen molar-refractivity contribution >= 4 is 5.97 Å². The lowest BCUT2D eigenvalue weighted by molar-refractivity contribution is -0.138. The van der Waals surface area contributed by atoms with Crippen LogP contribution < -0.4 is 0 Å². The predicted molar refractivity (Wildman–Crippen MR) is 62.1 cm³/mol. The van der Waals surface area contributed by atoms with Crippen LogP contribution in [0.3, 0.4) is 0 Å². The van der Waals surface area contributed by atoms with E-state index < -0.39 is 5.97 Å². The van der Waals surface area contributed by atoms with Crippen molar-refractivity contribution in [3.8, 4) is 0 Å². The summed E-state index contributed by atoms with van der Waals surface area (Å²) in [7, 11) is 1.96. The van der Waals surface area contributed by atoms with Crippen molar-refractivity contribution < 1.29 is 14.3 Å². The summed E-state index contributed by atoms with van der Waals surface area (Å²) in [5.74, 6) is -0.983. The van der Waals surface area contributed by atoms with Gasteiger partial charge in [0.05, 0.1) is 6.42 Å². The maximum absolute atomic E-state index is 13.2. The molecule has 0 spiro atoms. The fraction of sp³-hybridized carbons (Fsp3) is 0.462. The van der Waals surface area contributed by atoms with Gasteiger partial charge in [0.1, 0.15) is 5.82 Å². The van der Waals surface area contributed by atoms with Gasteiger partial charge in [-0.15, -0.1) is 0 Å². The minimum Gasteiger partial charge on any atom is -0.481 e. The van der Waals surface area contributed by atoms with Gasteiger partial charge in [-0.3, -0.25) is 9.69 Å². The number of carbonyl (C=O) groups is 1. The first kappa shape index (κ1) is 12.0. The summed E-state index contributed by atoms with van der Waals surface area (Å²) in [4.78, 5) is 12.9. The van der Waals surface area contributed by atoms with Gasteiger partial charge in [0.15, 0.2) is 0 Å². The van der Waals surface area contributed by atoms with Gasteiger partial charge in [0, 0.05) is 6.04 Å². The quantitative estimate of drug-likeness (QED) is 0.876. The van der Waals surface area contributed by atoms with E-state index in [1.54, 1.807) is 6.07 Å². The average Bonchev–Trinajstić information content (AvgIpc) is 2.59. The third-order valence-corrected chi connectivity index (χ3v) is 3.40. The Morgan fingerprint density at radius 1 is 1.59 bits per heavy atom. The highest BCUT2D eigenvalue weighted by Crippen LogP contribution is 2.38. The van der Waals surface area contributed by atoms with Crippen LogP contribution >= 0.6 is 0 Å². The monoisotopic (exact) mass is 237 g/mol. The lowest BCUT2D eigenvalue weighted by Crippen LogP contribution is -2.22. The Hall–Kier alpha value is -1.42. The largest absolute Gasteiger partial charge is 0.481 e. The van der Waals surface area contributed by atoms with E-state index in [0.717, 1.165) is 18.5 Å². The normalized spacial score (nSPS) is 25.1. The second kappa shape index (κ2) is 4.84. The molecule has 0 saturated carbocycles. The van der Waals surface area contributed by atoms with Crippen molar-refractivity contribution in [1.29, 1.82) is 0 Å². The molecule has 1 aliphatic heterocycles. The maximum atomic E-state index is 13.2. The van der Waals surface area contributed by atoms with E-state index in [1.807, 2.05) is 13.1 Å². The molecule has 1 N–H and O–H groups in total. The summed E-state index contributed by atoms with van der Waals surface area (Å²) in [6, 6.07) is 6.47. The molecule has 0 aliphatic carbocycles. The van der Waals surface area contributed by atoms with E-state index >= 15 is 0 Å². The number of rotatable bonds is 3. The summed E-state index contributed by atoms with van der Waals surface area (Å²) in [5, 5.41) is 8.89. The molecule has 4 heteroatoms. The smallest absolute Gasteiger partial charge is 0.303 e. The number of hydrogen-bond acceptors (Lipinski definition) is 2. The number of carboxylic acid groups (broad SMARTS) is 1. The number of carboxylic acids is 1. The summed E-state index contributed by atoms with van der Waals surface area (Å²) in [6.45, 7) is 0.860. The van der Waals surface area contributed by atoms with Crippen LogP contribution in [0.15, 0.2) is 24.3 Å². The molecule has 1 heterocycles. The van der Waals surface area contributed by atoms with Gasteiger partial charge in [0.2, 0.25) is 0 Å². The first-order valence-corrected chi connectivity index (χ1v) is 5.75. The number of likely N-dealkylation sites (tertiary alicyclic amines) is 1. The van der Waals surface area contributed by atoms with E-state index in [2.05, 4.69) is 4.90 Å². The van der Waals surface area contributed by atoms with Crippen molar-refractivity contribution in [3.05, 3.63) is 35.6 Å². The molecule has 92 valence electrons. The van der Waals surface area contributed by atoms with Gasteiger partial charge >= 0.3 is 5.97 Å². The van der Waals surface area contributed by atoms with Crippen molar-refractivity contribution in [2.24, 2.45) is 5.92 Å². The van der Waals surface area contributed by atoms with Crippen LogP contribution in [0.2, 0.25) is 0 Å². The highest BCUT2D eigenvalue weighted by molar-refractivity contribution is 5.67. The highest BCUT2D eigenvalue weighted by atomic mass is 19.1. The Labute approximate surface area is 99.9 Å². The van der Waals surface area contributed by atoms with Crippen molar-refractivity contribution in [2.45, 2.75) is 18.9 Å². The molecule has 0 bridgehead atoms. The molecule has 0 aromatic heterocycles. The zero-order valence-corrected chi connectivity index (χ0v) is 9.77. The van der Waals surface area contributed by atoms with Crippen LogP contribution in [0.5, 0.6) is 0 Å². The Balaban J connectivity index is 2.24. The van der Waals surface area contributed by atoms with E-state index in [1.165, 1.54) is 12.1 Å². The Bertz CT molecular complexity index is 422. The molecule has 3 nitrogen and oxygen atoms in total. The topological polar surface area (TPSA) is 40.5 Å².